The van der Waals surface area contributed by atoms with Crippen molar-refractivity contribution in [2.75, 3.05) is 25.0 Å². The summed E-state index contributed by atoms with van der Waals surface area (Å²) in [6.45, 7) is 1.49. The molecule has 0 bridgehead atoms. The van der Waals surface area contributed by atoms with Crippen molar-refractivity contribution in [3.05, 3.63) is 60.2 Å². The van der Waals surface area contributed by atoms with E-state index in [0.717, 1.165) is 6.42 Å². The number of nitrogens with zero attached hydrogens (tertiary/aromatic N) is 1. The van der Waals surface area contributed by atoms with Crippen LogP contribution in [-0.2, 0) is 4.79 Å². The highest BCUT2D eigenvalue weighted by atomic mass is 16.5. The largest absolute Gasteiger partial charge is 0.492 e. The number of rotatable bonds is 6. The molecule has 1 heterocycles. The Morgan fingerprint density at radius 1 is 1.12 bits per heavy atom. The van der Waals surface area contributed by atoms with Crippen LogP contribution in [0.5, 0.6) is 5.75 Å². The monoisotopic (exact) mass is 353 g/mol. The summed E-state index contributed by atoms with van der Waals surface area (Å²) in [6, 6.07) is 15.7. The lowest BCUT2D eigenvalue weighted by Crippen LogP contribution is -2.43. The third-order valence-corrected chi connectivity index (χ3v) is 4.35. The molecule has 1 fully saturated rings. The normalized spacial score (nSPS) is 16.3. The molecule has 2 amide bonds. The van der Waals surface area contributed by atoms with Gasteiger partial charge in [-0.2, -0.15) is 0 Å². The van der Waals surface area contributed by atoms with Gasteiger partial charge in [-0.25, -0.2) is 0 Å². The zero-order valence-corrected chi connectivity index (χ0v) is 14.6. The lowest BCUT2D eigenvalue weighted by atomic mass is 10.1. The van der Waals surface area contributed by atoms with Crippen molar-refractivity contribution in [1.29, 1.82) is 0 Å². The minimum atomic E-state index is -0.448. The summed E-state index contributed by atoms with van der Waals surface area (Å²) < 4.78 is 5.42. The second kappa shape index (κ2) is 8.49. The number of hydrogen-bond donors (Lipinski definition) is 2. The Kier molecular flexibility index (Phi) is 5.86. The van der Waals surface area contributed by atoms with Gasteiger partial charge in [0.05, 0.1) is 0 Å². The number of likely N-dealkylation sites (tertiary alicyclic amines) is 1. The lowest BCUT2D eigenvalue weighted by Gasteiger charge is -2.24. The van der Waals surface area contributed by atoms with Gasteiger partial charge >= 0.3 is 0 Å². The average Bonchev–Trinajstić information content (AvgIpc) is 3.17. The molecule has 0 radical (unpaired) electrons. The molecule has 3 rings (SSSR count). The number of carbonyl (C=O) groups is 2. The van der Waals surface area contributed by atoms with Crippen molar-refractivity contribution >= 4 is 17.5 Å². The van der Waals surface area contributed by atoms with Crippen LogP contribution < -0.4 is 15.8 Å². The zero-order chi connectivity index (χ0) is 18.4. The second-order valence-corrected chi connectivity index (χ2v) is 6.17. The first-order chi connectivity index (χ1) is 12.7. The third-order valence-electron chi connectivity index (χ3n) is 4.35. The van der Waals surface area contributed by atoms with E-state index >= 15 is 0 Å². The molecular formula is C20H23N3O3. The Morgan fingerprint density at radius 2 is 1.85 bits per heavy atom. The number of ether oxygens (including phenoxy) is 1. The maximum absolute atomic E-state index is 12.7. The quantitative estimate of drug-likeness (QED) is 0.834. The lowest BCUT2D eigenvalue weighted by molar-refractivity contribution is -0.119. The summed E-state index contributed by atoms with van der Waals surface area (Å²) in [4.78, 5) is 27.0. The van der Waals surface area contributed by atoms with Crippen molar-refractivity contribution in [2.24, 2.45) is 5.73 Å². The summed E-state index contributed by atoms with van der Waals surface area (Å²) in [5.74, 6) is 0.436. The van der Waals surface area contributed by atoms with Crippen LogP contribution in [0.15, 0.2) is 54.6 Å². The minimum Gasteiger partial charge on any atom is -0.492 e. The highest BCUT2D eigenvalue weighted by molar-refractivity contribution is 6.01. The van der Waals surface area contributed by atoms with Crippen LogP contribution in [0.2, 0.25) is 0 Å². The maximum Gasteiger partial charge on any atom is 0.254 e. The molecule has 1 atom stereocenters. The van der Waals surface area contributed by atoms with Gasteiger partial charge in [-0.15, -0.1) is 0 Å². The molecule has 0 spiro atoms. The number of amides is 2. The molecule has 6 nitrogen and oxygen atoms in total. The van der Waals surface area contributed by atoms with E-state index in [4.69, 9.17) is 10.5 Å². The number of hydrogen-bond acceptors (Lipinski definition) is 4. The van der Waals surface area contributed by atoms with Gasteiger partial charge in [0.25, 0.3) is 5.91 Å². The fourth-order valence-electron chi connectivity index (χ4n) is 3.07. The first-order valence-corrected chi connectivity index (χ1v) is 8.79. The fourth-order valence-corrected chi connectivity index (χ4v) is 3.07. The molecule has 6 heteroatoms. The van der Waals surface area contributed by atoms with E-state index in [2.05, 4.69) is 5.32 Å². The van der Waals surface area contributed by atoms with Crippen molar-refractivity contribution < 1.29 is 14.3 Å². The van der Waals surface area contributed by atoms with E-state index in [1.54, 1.807) is 41.3 Å². The van der Waals surface area contributed by atoms with Crippen molar-refractivity contribution in [3.8, 4) is 5.75 Å². The Labute approximate surface area is 152 Å². The predicted molar refractivity (Wildman–Crippen MR) is 100 cm³/mol. The molecule has 1 aliphatic heterocycles. The van der Waals surface area contributed by atoms with Gasteiger partial charge < -0.3 is 20.7 Å². The molecule has 0 saturated carbocycles. The molecule has 2 aromatic rings. The molecule has 2 aromatic carbocycles. The minimum absolute atomic E-state index is 0.103. The van der Waals surface area contributed by atoms with Crippen LogP contribution in [-0.4, -0.2) is 42.5 Å². The maximum atomic E-state index is 12.7. The van der Waals surface area contributed by atoms with Gasteiger partial charge in [0.15, 0.2) is 0 Å². The van der Waals surface area contributed by atoms with E-state index < -0.39 is 6.04 Å². The molecule has 136 valence electrons. The van der Waals surface area contributed by atoms with Crippen LogP contribution in [0.4, 0.5) is 5.69 Å². The molecular weight excluding hydrogens is 330 g/mol. The molecule has 0 aromatic heterocycles. The van der Waals surface area contributed by atoms with E-state index in [0.29, 0.717) is 43.1 Å². The van der Waals surface area contributed by atoms with Crippen LogP contribution in [0, 0.1) is 0 Å². The first kappa shape index (κ1) is 17.9. The van der Waals surface area contributed by atoms with Gasteiger partial charge in [-0.3, -0.25) is 9.59 Å². The van der Waals surface area contributed by atoms with Crippen LogP contribution in [0.25, 0.3) is 0 Å². The Morgan fingerprint density at radius 3 is 2.54 bits per heavy atom. The molecule has 1 saturated heterocycles. The number of anilines is 1. The van der Waals surface area contributed by atoms with Gasteiger partial charge in [-0.1, -0.05) is 18.2 Å². The molecule has 3 N–H and O–H groups in total. The van der Waals surface area contributed by atoms with Gasteiger partial charge in [-0.05, 0) is 49.2 Å². The Bertz CT molecular complexity index is 747. The van der Waals surface area contributed by atoms with Crippen LogP contribution >= 0.6 is 0 Å². The number of nitrogens with one attached hydrogen (secondary N) is 1. The van der Waals surface area contributed by atoms with Gasteiger partial charge in [0, 0.05) is 24.3 Å². The van der Waals surface area contributed by atoms with E-state index in [1.807, 2.05) is 18.2 Å². The van der Waals surface area contributed by atoms with Gasteiger partial charge in [0.2, 0.25) is 5.91 Å². The standard InChI is InChI=1S/C20H23N3O3/c21-12-14-26-17-10-8-16(9-11-17)22-19(24)18-7-4-13-23(18)20(25)15-5-2-1-3-6-15/h1-3,5-6,8-11,18H,4,7,12-14,21H2,(H,22,24). The number of nitrogens with two attached hydrogens (primary N) is 1. The SMILES string of the molecule is NCCOc1ccc(NC(=O)C2CCCN2C(=O)c2ccccc2)cc1. The number of benzene rings is 2. The van der Waals surface area contributed by atoms with Crippen molar-refractivity contribution in [2.45, 2.75) is 18.9 Å². The summed E-state index contributed by atoms with van der Waals surface area (Å²) in [6.07, 6.45) is 1.49. The van der Waals surface area contributed by atoms with Crippen molar-refractivity contribution in [3.63, 3.8) is 0 Å². The Balaban J connectivity index is 1.64. The van der Waals surface area contributed by atoms with E-state index in [1.165, 1.54) is 0 Å². The fraction of sp³-hybridized carbons (Fsp3) is 0.300. The highest BCUT2D eigenvalue weighted by Gasteiger charge is 2.34. The van der Waals surface area contributed by atoms with E-state index in [9.17, 15) is 9.59 Å². The molecule has 1 unspecified atom stereocenters. The van der Waals surface area contributed by atoms with Gasteiger partial charge in [0.1, 0.15) is 18.4 Å². The second-order valence-electron chi connectivity index (χ2n) is 6.17. The summed E-state index contributed by atoms with van der Waals surface area (Å²) in [5.41, 5.74) is 6.69. The predicted octanol–water partition coefficient (Wildman–Crippen LogP) is 2.27. The first-order valence-electron chi connectivity index (χ1n) is 8.79. The van der Waals surface area contributed by atoms with Crippen LogP contribution in [0.1, 0.15) is 23.2 Å². The van der Waals surface area contributed by atoms with Crippen molar-refractivity contribution in [1.82, 2.24) is 4.90 Å². The van der Waals surface area contributed by atoms with E-state index in [-0.39, 0.29) is 11.8 Å². The highest BCUT2D eigenvalue weighted by Crippen LogP contribution is 2.22. The smallest absolute Gasteiger partial charge is 0.254 e. The molecule has 0 aliphatic carbocycles. The third kappa shape index (κ3) is 4.21. The molecule has 1 aliphatic rings. The summed E-state index contributed by atoms with van der Waals surface area (Å²) in [7, 11) is 0. The zero-order valence-electron chi connectivity index (χ0n) is 14.6. The molecule has 26 heavy (non-hydrogen) atoms. The summed E-state index contributed by atoms with van der Waals surface area (Å²) in [5, 5.41) is 2.89. The summed E-state index contributed by atoms with van der Waals surface area (Å²) >= 11 is 0. The average molecular weight is 353 g/mol. The Hall–Kier alpha value is -2.86. The van der Waals surface area contributed by atoms with Crippen LogP contribution in [0.3, 0.4) is 0 Å². The topological polar surface area (TPSA) is 84.7 Å². The number of carbonyl (C=O) groups excluding carboxylic acids is 2.